The monoisotopic (exact) mass is 396 g/mol. The molecule has 1 fully saturated rings. The largest absolute Gasteiger partial charge is 0.495 e. The van der Waals surface area contributed by atoms with Crippen molar-refractivity contribution in [3.63, 3.8) is 0 Å². The van der Waals surface area contributed by atoms with Crippen molar-refractivity contribution < 1.29 is 9.47 Å². The Morgan fingerprint density at radius 1 is 1.00 bits per heavy atom. The molecule has 0 aliphatic carbocycles. The third-order valence-corrected chi connectivity index (χ3v) is 5.16. The number of methoxy groups -OCH3 is 1. The number of rotatable bonds is 7. The minimum Gasteiger partial charge on any atom is -0.495 e. The van der Waals surface area contributed by atoms with Gasteiger partial charge in [0.1, 0.15) is 5.75 Å². The lowest BCUT2D eigenvalue weighted by Gasteiger charge is -2.38. The first-order valence-electron chi connectivity index (χ1n) is 10.2. The summed E-state index contributed by atoms with van der Waals surface area (Å²) < 4.78 is 11.0. The molecule has 6 nitrogen and oxygen atoms in total. The SMILES string of the molecule is CCOCc1ccc(CNC(=NC)N2CCN(c3ccccc3OC)CC2)cc1. The van der Waals surface area contributed by atoms with Crippen molar-refractivity contribution in [1.82, 2.24) is 10.2 Å². The molecule has 1 N–H and O–H groups in total. The van der Waals surface area contributed by atoms with E-state index >= 15 is 0 Å². The average Bonchev–Trinajstić information content (AvgIpc) is 2.79. The number of ether oxygens (including phenoxy) is 2. The van der Waals surface area contributed by atoms with Gasteiger partial charge in [-0.2, -0.15) is 0 Å². The molecule has 0 atom stereocenters. The average molecular weight is 397 g/mol. The van der Waals surface area contributed by atoms with Crippen LogP contribution in [0.5, 0.6) is 5.75 Å². The summed E-state index contributed by atoms with van der Waals surface area (Å²) >= 11 is 0. The molecule has 0 aromatic heterocycles. The molecule has 3 rings (SSSR count). The topological polar surface area (TPSA) is 49.3 Å². The van der Waals surface area contributed by atoms with Gasteiger partial charge in [0.2, 0.25) is 0 Å². The van der Waals surface area contributed by atoms with Crippen LogP contribution in [-0.4, -0.2) is 57.8 Å². The van der Waals surface area contributed by atoms with Gasteiger partial charge in [-0.25, -0.2) is 0 Å². The van der Waals surface area contributed by atoms with E-state index in [0.717, 1.165) is 56.7 Å². The summed E-state index contributed by atoms with van der Waals surface area (Å²) in [5, 5.41) is 3.50. The molecule has 6 heteroatoms. The zero-order valence-electron chi connectivity index (χ0n) is 17.7. The van der Waals surface area contributed by atoms with Gasteiger partial charge in [0.05, 0.1) is 19.4 Å². The second-order valence-electron chi connectivity index (χ2n) is 7.00. The van der Waals surface area contributed by atoms with Crippen LogP contribution in [0.3, 0.4) is 0 Å². The van der Waals surface area contributed by atoms with Gasteiger partial charge in [0.25, 0.3) is 0 Å². The second-order valence-corrected chi connectivity index (χ2v) is 7.00. The highest BCUT2D eigenvalue weighted by Crippen LogP contribution is 2.28. The quantitative estimate of drug-likeness (QED) is 0.576. The number of aliphatic imine (C=N–C) groups is 1. The van der Waals surface area contributed by atoms with Crippen molar-refractivity contribution in [3.8, 4) is 5.75 Å². The smallest absolute Gasteiger partial charge is 0.194 e. The number of hydrogen-bond acceptors (Lipinski definition) is 4. The molecule has 1 saturated heterocycles. The molecule has 156 valence electrons. The van der Waals surface area contributed by atoms with Gasteiger partial charge in [-0.3, -0.25) is 4.99 Å². The van der Waals surface area contributed by atoms with Crippen molar-refractivity contribution in [3.05, 3.63) is 59.7 Å². The number of nitrogens with one attached hydrogen (secondary N) is 1. The first-order chi connectivity index (χ1) is 14.2. The summed E-state index contributed by atoms with van der Waals surface area (Å²) in [6, 6.07) is 16.8. The van der Waals surface area contributed by atoms with Crippen LogP contribution in [-0.2, 0) is 17.9 Å². The molecule has 1 aliphatic heterocycles. The van der Waals surface area contributed by atoms with Crippen molar-refractivity contribution >= 4 is 11.6 Å². The summed E-state index contributed by atoms with van der Waals surface area (Å²) in [4.78, 5) is 9.17. The van der Waals surface area contributed by atoms with E-state index in [0.29, 0.717) is 6.61 Å². The molecule has 2 aromatic carbocycles. The maximum atomic E-state index is 5.51. The van der Waals surface area contributed by atoms with E-state index in [9.17, 15) is 0 Å². The second kappa shape index (κ2) is 10.7. The first kappa shape index (κ1) is 21.0. The Morgan fingerprint density at radius 2 is 1.69 bits per heavy atom. The van der Waals surface area contributed by atoms with Gasteiger partial charge in [-0.1, -0.05) is 36.4 Å². The number of anilines is 1. The highest BCUT2D eigenvalue weighted by Gasteiger charge is 2.21. The summed E-state index contributed by atoms with van der Waals surface area (Å²) in [7, 11) is 3.57. The Bertz CT molecular complexity index is 784. The highest BCUT2D eigenvalue weighted by atomic mass is 16.5. The van der Waals surface area contributed by atoms with Crippen LogP contribution in [0.15, 0.2) is 53.5 Å². The number of para-hydroxylation sites is 2. The van der Waals surface area contributed by atoms with E-state index in [1.807, 2.05) is 26.1 Å². The number of hydrogen-bond donors (Lipinski definition) is 1. The minimum absolute atomic E-state index is 0.669. The van der Waals surface area contributed by atoms with Gasteiger partial charge in [-0.05, 0) is 30.2 Å². The van der Waals surface area contributed by atoms with Crippen molar-refractivity contribution in [2.24, 2.45) is 4.99 Å². The molecule has 1 heterocycles. The van der Waals surface area contributed by atoms with E-state index in [1.54, 1.807) is 7.11 Å². The number of benzene rings is 2. The van der Waals surface area contributed by atoms with Crippen LogP contribution in [0.25, 0.3) is 0 Å². The van der Waals surface area contributed by atoms with Crippen molar-refractivity contribution in [2.45, 2.75) is 20.1 Å². The minimum atomic E-state index is 0.669. The van der Waals surface area contributed by atoms with Crippen LogP contribution in [0.1, 0.15) is 18.1 Å². The zero-order chi connectivity index (χ0) is 20.5. The van der Waals surface area contributed by atoms with E-state index in [4.69, 9.17) is 9.47 Å². The lowest BCUT2D eigenvalue weighted by Crippen LogP contribution is -2.52. The highest BCUT2D eigenvalue weighted by molar-refractivity contribution is 5.80. The number of nitrogens with zero attached hydrogens (tertiary/aromatic N) is 3. The Balaban J connectivity index is 1.51. The molecule has 0 unspecified atom stereocenters. The van der Waals surface area contributed by atoms with Gasteiger partial charge < -0.3 is 24.6 Å². The number of guanidine groups is 1. The van der Waals surface area contributed by atoms with Crippen LogP contribution < -0.4 is 15.0 Å². The normalized spacial score (nSPS) is 14.8. The molecule has 0 radical (unpaired) electrons. The van der Waals surface area contributed by atoms with E-state index < -0.39 is 0 Å². The third-order valence-electron chi connectivity index (χ3n) is 5.16. The van der Waals surface area contributed by atoms with Gasteiger partial charge in [0.15, 0.2) is 5.96 Å². The van der Waals surface area contributed by atoms with Crippen molar-refractivity contribution in [1.29, 1.82) is 0 Å². The Kier molecular flexibility index (Phi) is 7.76. The third kappa shape index (κ3) is 5.64. The lowest BCUT2D eigenvalue weighted by molar-refractivity contribution is 0.134. The maximum Gasteiger partial charge on any atom is 0.194 e. The fraction of sp³-hybridized carbons (Fsp3) is 0.435. The fourth-order valence-corrected chi connectivity index (χ4v) is 3.54. The summed E-state index contributed by atoms with van der Waals surface area (Å²) in [5.41, 5.74) is 3.59. The Labute approximate surface area is 174 Å². The molecule has 0 saturated carbocycles. The number of piperazine rings is 1. The predicted molar refractivity (Wildman–Crippen MR) is 119 cm³/mol. The van der Waals surface area contributed by atoms with Gasteiger partial charge in [-0.15, -0.1) is 0 Å². The lowest BCUT2D eigenvalue weighted by atomic mass is 10.1. The summed E-state index contributed by atoms with van der Waals surface area (Å²) in [6.07, 6.45) is 0. The molecule has 2 aromatic rings. The van der Waals surface area contributed by atoms with Crippen molar-refractivity contribution in [2.75, 3.05) is 51.8 Å². The fourth-order valence-electron chi connectivity index (χ4n) is 3.54. The van der Waals surface area contributed by atoms with Gasteiger partial charge >= 0.3 is 0 Å². The van der Waals surface area contributed by atoms with Crippen LogP contribution >= 0.6 is 0 Å². The Morgan fingerprint density at radius 3 is 2.34 bits per heavy atom. The first-order valence-corrected chi connectivity index (χ1v) is 10.2. The molecule has 0 amide bonds. The predicted octanol–water partition coefficient (Wildman–Crippen LogP) is 3.13. The van der Waals surface area contributed by atoms with Crippen LogP contribution in [0.2, 0.25) is 0 Å². The van der Waals surface area contributed by atoms with E-state index in [1.165, 1.54) is 11.1 Å². The van der Waals surface area contributed by atoms with Crippen LogP contribution in [0, 0.1) is 0 Å². The zero-order valence-corrected chi connectivity index (χ0v) is 17.7. The summed E-state index contributed by atoms with van der Waals surface area (Å²) in [6.45, 7) is 7.90. The molecule has 0 spiro atoms. The van der Waals surface area contributed by atoms with Crippen LogP contribution in [0.4, 0.5) is 5.69 Å². The molecule has 1 aliphatic rings. The molecule has 0 bridgehead atoms. The maximum absolute atomic E-state index is 5.51. The van der Waals surface area contributed by atoms with E-state index in [2.05, 4.69) is 56.5 Å². The molecular weight excluding hydrogens is 364 g/mol. The molecule has 29 heavy (non-hydrogen) atoms. The Hall–Kier alpha value is -2.73. The standard InChI is InChI=1S/C23H32N4O2/c1-4-29-18-20-11-9-19(10-12-20)17-25-23(24-2)27-15-13-26(14-16-27)21-7-5-6-8-22(21)28-3/h5-12H,4,13-18H2,1-3H3,(H,24,25). The summed E-state index contributed by atoms with van der Waals surface area (Å²) in [5.74, 6) is 1.87. The van der Waals surface area contributed by atoms with Gasteiger partial charge in [0, 0.05) is 46.4 Å². The van der Waals surface area contributed by atoms with E-state index in [-0.39, 0.29) is 0 Å². The molecular formula is C23H32N4O2.